The summed E-state index contributed by atoms with van der Waals surface area (Å²) < 4.78 is 19.0. The predicted octanol–water partition coefficient (Wildman–Crippen LogP) is 3.34. The zero-order chi connectivity index (χ0) is 26.1. The molecule has 4 aromatic rings. The van der Waals surface area contributed by atoms with Crippen LogP contribution in [0.25, 0.3) is 11.3 Å². The zero-order valence-electron chi connectivity index (χ0n) is 20.8. The molecule has 0 radical (unpaired) electrons. The first-order valence-electron chi connectivity index (χ1n) is 12.4. The van der Waals surface area contributed by atoms with E-state index in [9.17, 15) is 9.90 Å². The number of aromatic nitrogens is 3. The molecule has 2 aliphatic rings. The minimum Gasteiger partial charge on any atom is -0.484 e. The minimum absolute atomic E-state index is 0.161. The summed E-state index contributed by atoms with van der Waals surface area (Å²) in [6, 6.07) is 20.6. The summed E-state index contributed by atoms with van der Waals surface area (Å²) in [5, 5.41) is 10.8. The molecule has 0 amide bonds. The highest BCUT2D eigenvalue weighted by Gasteiger charge is 2.24. The lowest BCUT2D eigenvalue weighted by molar-refractivity contribution is 0.0473. The number of aliphatic hydroxyl groups is 1. The Morgan fingerprint density at radius 1 is 1.16 bits per heavy atom. The highest BCUT2D eigenvalue weighted by Crippen LogP contribution is 2.31. The number of ether oxygens (including phenoxy) is 3. The number of pyridine rings is 1. The third kappa shape index (κ3) is 4.72. The van der Waals surface area contributed by atoms with E-state index >= 15 is 0 Å². The van der Waals surface area contributed by atoms with Gasteiger partial charge in [-0.05, 0) is 48.7 Å². The van der Waals surface area contributed by atoms with E-state index in [0.29, 0.717) is 31.2 Å². The van der Waals surface area contributed by atoms with Crippen LogP contribution >= 0.6 is 0 Å². The van der Waals surface area contributed by atoms with Crippen molar-refractivity contribution in [2.45, 2.75) is 31.6 Å². The molecule has 8 nitrogen and oxygen atoms in total. The van der Waals surface area contributed by atoms with Gasteiger partial charge in [0.05, 0.1) is 5.69 Å². The Hall–Kier alpha value is -4.61. The first-order chi connectivity index (χ1) is 18.5. The van der Waals surface area contributed by atoms with Gasteiger partial charge in [-0.1, -0.05) is 48.2 Å². The van der Waals surface area contributed by atoms with Crippen molar-refractivity contribution in [3.8, 4) is 40.6 Å². The van der Waals surface area contributed by atoms with Gasteiger partial charge in [-0.3, -0.25) is 4.57 Å². The molecule has 0 saturated carbocycles. The molecular formula is C30H25N3O5. The summed E-state index contributed by atoms with van der Waals surface area (Å²) >= 11 is 0. The predicted molar refractivity (Wildman–Crippen MR) is 140 cm³/mol. The maximum absolute atomic E-state index is 12.8. The van der Waals surface area contributed by atoms with Gasteiger partial charge in [0.1, 0.15) is 18.8 Å². The van der Waals surface area contributed by atoms with Crippen molar-refractivity contribution in [2.24, 2.45) is 0 Å². The lowest BCUT2D eigenvalue weighted by Gasteiger charge is -2.25. The summed E-state index contributed by atoms with van der Waals surface area (Å²) in [6.45, 7) is 2.67. The van der Waals surface area contributed by atoms with Crippen molar-refractivity contribution >= 4 is 0 Å². The van der Waals surface area contributed by atoms with Gasteiger partial charge in [0, 0.05) is 29.9 Å². The Bertz CT molecular complexity index is 1620. The minimum atomic E-state index is -1.26. The number of aryl methyl sites for hydroxylation is 1. The zero-order valence-corrected chi connectivity index (χ0v) is 20.8. The van der Waals surface area contributed by atoms with Gasteiger partial charge in [-0.25, -0.2) is 9.78 Å². The fraction of sp³-hybridized carbons (Fsp3) is 0.233. The van der Waals surface area contributed by atoms with Crippen LogP contribution in [0.5, 0.6) is 17.5 Å². The van der Waals surface area contributed by atoms with Gasteiger partial charge in [0.2, 0.25) is 5.88 Å². The van der Waals surface area contributed by atoms with E-state index in [-0.39, 0.29) is 24.3 Å². The quantitative estimate of drug-likeness (QED) is 0.424. The van der Waals surface area contributed by atoms with Gasteiger partial charge in [-0.2, -0.15) is 4.98 Å². The molecule has 0 saturated heterocycles. The number of nitrogens with zero attached hydrogens (tertiary/aromatic N) is 3. The molecule has 2 aromatic heterocycles. The SMILES string of the molecule is CC(O)(C#Cc1ccc2c(c1)CCn1c-2cc(OCC2COc3cccnc3O2)nc1=O)c1ccccc1. The number of hydrogen-bond acceptors (Lipinski definition) is 7. The third-order valence-electron chi connectivity index (χ3n) is 6.62. The monoisotopic (exact) mass is 507 g/mol. The molecule has 2 unspecified atom stereocenters. The Kier molecular flexibility index (Phi) is 6.06. The van der Waals surface area contributed by atoms with Crippen LogP contribution in [-0.4, -0.2) is 39.0 Å². The van der Waals surface area contributed by atoms with Crippen molar-refractivity contribution in [3.05, 3.63) is 100 Å². The molecule has 1 N–H and O–H groups in total. The molecule has 2 atom stereocenters. The van der Waals surface area contributed by atoms with Crippen molar-refractivity contribution in [3.63, 3.8) is 0 Å². The maximum Gasteiger partial charge on any atom is 0.351 e. The molecule has 6 rings (SSSR count). The molecule has 2 aromatic carbocycles. The van der Waals surface area contributed by atoms with Crippen LogP contribution in [0.4, 0.5) is 0 Å². The number of benzene rings is 2. The van der Waals surface area contributed by atoms with Gasteiger partial charge < -0.3 is 19.3 Å². The van der Waals surface area contributed by atoms with Crippen LogP contribution in [0.2, 0.25) is 0 Å². The first-order valence-corrected chi connectivity index (χ1v) is 12.4. The normalized spacial score (nSPS) is 16.7. The number of fused-ring (bicyclic) bond motifs is 4. The average Bonchev–Trinajstić information content (AvgIpc) is 2.95. The van der Waals surface area contributed by atoms with Gasteiger partial charge in [0.15, 0.2) is 11.9 Å². The number of hydrogen-bond donors (Lipinski definition) is 1. The molecule has 4 heterocycles. The van der Waals surface area contributed by atoms with Crippen LogP contribution in [0.3, 0.4) is 0 Å². The second-order valence-electron chi connectivity index (χ2n) is 9.39. The summed E-state index contributed by atoms with van der Waals surface area (Å²) in [6.07, 6.45) is 1.94. The highest BCUT2D eigenvalue weighted by atomic mass is 16.6. The summed E-state index contributed by atoms with van der Waals surface area (Å²) in [5.41, 5.74) is 2.65. The standard InChI is InChI=1S/C30H25N3O5/c1-30(35,22-6-3-2-4-7-22)13-11-20-9-10-24-21(16-20)12-15-33-25(24)17-27(32-29(33)34)37-19-23-18-36-26-8-5-14-31-28(26)38-23/h2-10,14,16-17,23,35H,12,15,18-19H2,1H3. The van der Waals surface area contributed by atoms with Crippen molar-refractivity contribution < 1.29 is 19.3 Å². The summed E-state index contributed by atoms with van der Waals surface area (Å²) in [5.74, 6) is 7.34. The molecular weight excluding hydrogens is 482 g/mol. The highest BCUT2D eigenvalue weighted by molar-refractivity contribution is 5.68. The first kappa shape index (κ1) is 23.8. The largest absolute Gasteiger partial charge is 0.484 e. The van der Waals surface area contributed by atoms with E-state index in [1.54, 1.807) is 35.9 Å². The van der Waals surface area contributed by atoms with Crippen LogP contribution in [0, 0.1) is 11.8 Å². The van der Waals surface area contributed by atoms with Crippen LogP contribution < -0.4 is 19.9 Å². The van der Waals surface area contributed by atoms with E-state index in [0.717, 1.165) is 27.9 Å². The van der Waals surface area contributed by atoms with E-state index in [4.69, 9.17) is 14.2 Å². The van der Waals surface area contributed by atoms with Gasteiger partial charge >= 0.3 is 5.69 Å². The number of rotatable bonds is 4. The summed E-state index contributed by atoms with van der Waals surface area (Å²) in [4.78, 5) is 21.1. The summed E-state index contributed by atoms with van der Waals surface area (Å²) in [7, 11) is 0. The van der Waals surface area contributed by atoms with Gasteiger partial charge in [0.25, 0.3) is 5.88 Å². The lowest BCUT2D eigenvalue weighted by atomic mass is 9.94. The van der Waals surface area contributed by atoms with Crippen LogP contribution in [-0.2, 0) is 18.6 Å². The molecule has 2 aliphatic heterocycles. The van der Waals surface area contributed by atoms with Gasteiger partial charge in [-0.15, -0.1) is 0 Å². The smallest absolute Gasteiger partial charge is 0.351 e. The van der Waals surface area contributed by atoms with E-state index in [1.807, 2.05) is 48.5 Å². The van der Waals surface area contributed by atoms with Crippen LogP contribution in [0.1, 0.15) is 23.6 Å². The molecule has 0 fully saturated rings. The fourth-order valence-electron chi connectivity index (χ4n) is 4.60. The van der Waals surface area contributed by atoms with E-state index in [2.05, 4.69) is 21.8 Å². The topological polar surface area (TPSA) is 95.7 Å². The molecule has 38 heavy (non-hydrogen) atoms. The molecule has 0 spiro atoms. The molecule has 8 heteroatoms. The second kappa shape index (κ2) is 9.69. The Balaban J connectivity index is 1.21. The van der Waals surface area contributed by atoms with E-state index in [1.165, 1.54) is 0 Å². The Labute approximate surface area is 219 Å². The Morgan fingerprint density at radius 3 is 2.89 bits per heavy atom. The fourth-order valence-corrected chi connectivity index (χ4v) is 4.60. The molecule has 0 bridgehead atoms. The van der Waals surface area contributed by atoms with Crippen molar-refractivity contribution in [1.82, 2.24) is 14.5 Å². The second-order valence-corrected chi connectivity index (χ2v) is 9.39. The van der Waals surface area contributed by atoms with Crippen LogP contribution in [0.15, 0.2) is 77.7 Å². The van der Waals surface area contributed by atoms with Crippen molar-refractivity contribution in [1.29, 1.82) is 0 Å². The van der Waals surface area contributed by atoms with E-state index < -0.39 is 5.60 Å². The molecule has 190 valence electrons. The average molecular weight is 508 g/mol. The third-order valence-corrected chi connectivity index (χ3v) is 6.62. The maximum atomic E-state index is 12.8. The molecule has 0 aliphatic carbocycles. The van der Waals surface area contributed by atoms with Crippen molar-refractivity contribution in [2.75, 3.05) is 13.2 Å². The Morgan fingerprint density at radius 2 is 2.03 bits per heavy atom. The lowest BCUT2D eigenvalue weighted by Crippen LogP contribution is -2.35.